The molecular formula is C19H34. The van der Waals surface area contributed by atoms with Crippen LogP contribution in [0.1, 0.15) is 72.1 Å². The Morgan fingerprint density at radius 2 is 1.47 bits per heavy atom. The van der Waals surface area contributed by atoms with Crippen molar-refractivity contribution < 1.29 is 0 Å². The van der Waals surface area contributed by atoms with Gasteiger partial charge in [0.05, 0.1) is 0 Å². The zero-order valence-electron chi connectivity index (χ0n) is 14.6. The van der Waals surface area contributed by atoms with Gasteiger partial charge in [-0.15, -0.1) is 0 Å². The van der Waals surface area contributed by atoms with Gasteiger partial charge in [0.15, 0.2) is 0 Å². The monoisotopic (exact) mass is 262 g/mol. The van der Waals surface area contributed by atoms with Crippen LogP contribution in [-0.4, -0.2) is 0 Å². The van der Waals surface area contributed by atoms with E-state index < -0.39 is 0 Å². The molecule has 0 saturated heterocycles. The van der Waals surface area contributed by atoms with Gasteiger partial charge in [-0.1, -0.05) is 84.0 Å². The van der Waals surface area contributed by atoms with Gasteiger partial charge in [0.1, 0.15) is 0 Å². The highest BCUT2D eigenvalue weighted by Crippen LogP contribution is 2.21. The SMILES string of the molecule is C=Cc1ccc(C)cc1/C(C)=C\C.CC.CC.CC. The van der Waals surface area contributed by atoms with Crippen LogP contribution in [-0.2, 0) is 0 Å². The summed E-state index contributed by atoms with van der Waals surface area (Å²) >= 11 is 0. The lowest BCUT2D eigenvalue weighted by Gasteiger charge is -2.07. The zero-order chi connectivity index (χ0) is 15.8. The van der Waals surface area contributed by atoms with Crippen molar-refractivity contribution in [2.24, 2.45) is 0 Å². The first kappa shape index (κ1) is 22.8. The summed E-state index contributed by atoms with van der Waals surface area (Å²) < 4.78 is 0. The van der Waals surface area contributed by atoms with Crippen molar-refractivity contribution >= 4 is 11.6 Å². The molecule has 1 aromatic rings. The van der Waals surface area contributed by atoms with Gasteiger partial charge in [-0.05, 0) is 37.5 Å². The topological polar surface area (TPSA) is 0 Å². The van der Waals surface area contributed by atoms with Crippen molar-refractivity contribution in [3.63, 3.8) is 0 Å². The molecule has 0 atom stereocenters. The Labute approximate surface area is 122 Å². The van der Waals surface area contributed by atoms with Crippen LogP contribution in [0.15, 0.2) is 30.9 Å². The van der Waals surface area contributed by atoms with E-state index in [0.717, 1.165) is 0 Å². The molecule has 0 radical (unpaired) electrons. The highest BCUT2D eigenvalue weighted by molar-refractivity contribution is 5.73. The van der Waals surface area contributed by atoms with Crippen LogP contribution in [0.3, 0.4) is 0 Å². The molecule has 1 aromatic carbocycles. The molecule has 0 amide bonds. The fraction of sp³-hybridized carbons (Fsp3) is 0.474. The Hall–Kier alpha value is -1.30. The summed E-state index contributed by atoms with van der Waals surface area (Å²) in [5.74, 6) is 0. The number of hydrogen-bond donors (Lipinski definition) is 0. The molecule has 1 rings (SSSR count). The lowest BCUT2D eigenvalue weighted by Crippen LogP contribution is -1.86. The number of allylic oxidation sites excluding steroid dienone is 2. The van der Waals surface area contributed by atoms with Gasteiger partial charge in [0.25, 0.3) is 0 Å². The van der Waals surface area contributed by atoms with E-state index in [2.05, 4.69) is 51.6 Å². The van der Waals surface area contributed by atoms with Crippen LogP contribution < -0.4 is 0 Å². The maximum Gasteiger partial charge on any atom is -0.0156 e. The van der Waals surface area contributed by atoms with Crippen LogP contribution in [0.25, 0.3) is 11.6 Å². The first-order chi connectivity index (χ1) is 9.19. The van der Waals surface area contributed by atoms with Crippen LogP contribution in [0.2, 0.25) is 0 Å². The third-order valence-electron chi connectivity index (χ3n) is 2.29. The number of hydrogen-bond acceptors (Lipinski definition) is 0. The average molecular weight is 262 g/mol. The highest BCUT2D eigenvalue weighted by Gasteiger charge is 2.00. The number of rotatable bonds is 2. The second kappa shape index (κ2) is 16.7. The number of aryl methyl sites for hydroxylation is 1. The highest BCUT2D eigenvalue weighted by atomic mass is 14.0. The molecule has 0 bridgehead atoms. The average Bonchev–Trinajstić information content (AvgIpc) is 2.52. The normalized spacial score (nSPS) is 8.79. The molecule has 110 valence electrons. The Bertz CT molecular complexity index is 343. The minimum absolute atomic E-state index is 1.21. The van der Waals surface area contributed by atoms with Crippen molar-refractivity contribution in [1.29, 1.82) is 0 Å². The summed E-state index contributed by atoms with van der Waals surface area (Å²) in [6.45, 7) is 22.1. The molecule has 0 N–H and O–H groups in total. The molecule has 0 unspecified atom stereocenters. The summed E-state index contributed by atoms with van der Waals surface area (Å²) in [4.78, 5) is 0. The van der Waals surface area contributed by atoms with Gasteiger partial charge in [-0.25, -0.2) is 0 Å². The Morgan fingerprint density at radius 3 is 1.84 bits per heavy atom. The molecule has 0 aromatic heterocycles. The van der Waals surface area contributed by atoms with Crippen LogP contribution >= 0.6 is 0 Å². The quantitative estimate of drug-likeness (QED) is 0.531. The fourth-order valence-electron chi connectivity index (χ4n) is 1.35. The van der Waals surface area contributed by atoms with Crippen molar-refractivity contribution in [2.45, 2.75) is 62.3 Å². The van der Waals surface area contributed by atoms with Gasteiger partial charge >= 0.3 is 0 Å². The van der Waals surface area contributed by atoms with E-state index >= 15 is 0 Å². The van der Waals surface area contributed by atoms with E-state index in [0.29, 0.717) is 0 Å². The van der Waals surface area contributed by atoms with E-state index in [4.69, 9.17) is 0 Å². The molecule has 0 heteroatoms. The first-order valence-electron chi connectivity index (χ1n) is 7.55. The standard InChI is InChI=1S/C13H16.3C2H6/c1-5-11(4)13-9-10(3)7-8-12(13)6-2;3*1-2/h5-9H,2H2,1,3-4H3;3*1-2H3/b11-5-;;;. The predicted molar refractivity (Wildman–Crippen MR) is 94.6 cm³/mol. The van der Waals surface area contributed by atoms with Gasteiger partial charge in [0.2, 0.25) is 0 Å². The third kappa shape index (κ3) is 9.30. The van der Waals surface area contributed by atoms with E-state index in [1.165, 1.54) is 22.3 Å². The molecule has 0 aliphatic heterocycles. The Morgan fingerprint density at radius 1 is 1.00 bits per heavy atom. The molecule has 0 aliphatic carbocycles. The second-order valence-corrected chi connectivity index (χ2v) is 3.27. The van der Waals surface area contributed by atoms with Crippen molar-refractivity contribution in [3.05, 3.63) is 47.5 Å². The van der Waals surface area contributed by atoms with E-state index in [1.807, 2.05) is 47.6 Å². The summed E-state index contributed by atoms with van der Waals surface area (Å²) in [5, 5.41) is 0. The molecule has 0 aliphatic rings. The molecule has 0 nitrogen and oxygen atoms in total. The maximum absolute atomic E-state index is 3.81. The second-order valence-electron chi connectivity index (χ2n) is 3.27. The van der Waals surface area contributed by atoms with Crippen LogP contribution in [0, 0.1) is 6.92 Å². The molecule has 19 heavy (non-hydrogen) atoms. The van der Waals surface area contributed by atoms with Crippen molar-refractivity contribution in [3.8, 4) is 0 Å². The largest absolute Gasteiger partial charge is 0.0984 e. The fourth-order valence-corrected chi connectivity index (χ4v) is 1.35. The summed E-state index contributed by atoms with van der Waals surface area (Å²) in [5.41, 5.74) is 5.10. The van der Waals surface area contributed by atoms with Crippen molar-refractivity contribution in [1.82, 2.24) is 0 Å². The van der Waals surface area contributed by atoms with Gasteiger partial charge in [-0.3, -0.25) is 0 Å². The van der Waals surface area contributed by atoms with E-state index in [9.17, 15) is 0 Å². The van der Waals surface area contributed by atoms with Crippen molar-refractivity contribution in [2.75, 3.05) is 0 Å². The zero-order valence-corrected chi connectivity index (χ0v) is 14.6. The molecule has 0 saturated carbocycles. The maximum atomic E-state index is 3.81. The number of benzene rings is 1. The first-order valence-corrected chi connectivity index (χ1v) is 7.55. The lowest BCUT2D eigenvalue weighted by molar-refractivity contribution is 1.42. The minimum Gasteiger partial charge on any atom is -0.0984 e. The van der Waals surface area contributed by atoms with E-state index in [1.54, 1.807) is 0 Å². The van der Waals surface area contributed by atoms with Crippen LogP contribution in [0.4, 0.5) is 0 Å². The summed E-state index contributed by atoms with van der Waals surface area (Å²) in [7, 11) is 0. The van der Waals surface area contributed by atoms with Gasteiger partial charge in [-0.2, -0.15) is 0 Å². The smallest absolute Gasteiger partial charge is 0.0156 e. The van der Waals surface area contributed by atoms with Gasteiger partial charge < -0.3 is 0 Å². The minimum atomic E-state index is 1.21. The summed E-state index contributed by atoms with van der Waals surface area (Å²) in [6.07, 6.45) is 4.03. The van der Waals surface area contributed by atoms with Gasteiger partial charge in [0, 0.05) is 0 Å². The Balaban J connectivity index is -0.000000375. The molecule has 0 heterocycles. The summed E-state index contributed by atoms with van der Waals surface area (Å²) in [6, 6.07) is 6.43. The molecular weight excluding hydrogens is 228 g/mol. The lowest BCUT2D eigenvalue weighted by atomic mass is 9.98. The Kier molecular flexibility index (Phi) is 20.1. The predicted octanol–water partition coefficient (Wildman–Crippen LogP) is 7.14. The molecule has 0 spiro atoms. The van der Waals surface area contributed by atoms with Crippen LogP contribution in [0.5, 0.6) is 0 Å². The molecule has 0 fully saturated rings. The van der Waals surface area contributed by atoms with E-state index in [-0.39, 0.29) is 0 Å². The third-order valence-corrected chi connectivity index (χ3v) is 2.29.